The number of hydrogen-bond donors (Lipinski definition) is 1. The van der Waals surface area contributed by atoms with E-state index in [9.17, 15) is 0 Å². The standard InChI is InChI=1S/C13H21NOS/c1-5-12(9-14-3)16-13-7-6-11(15-4)8-10(13)2/h6-8,12,14H,5,9H2,1-4H3. The molecule has 1 aromatic rings. The lowest BCUT2D eigenvalue weighted by Crippen LogP contribution is -2.20. The fourth-order valence-corrected chi connectivity index (χ4v) is 2.72. The van der Waals surface area contributed by atoms with Crippen molar-refractivity contribution in [2.24, 2.45) is 0 Å². The van der Waals surface area contributed by atoms with E-state index in [2.05, 4.69) is 31.3 Å². The quantitative estimate of drug-likeness (QED) is 0.771. The van der Waals surface area contributed by atoms with E-state index in [1.54, 1.807) is 7.11 Å². The second-order valence-corrected chi connectivity index (χ2v) is 5.18. The van der Waals surface area contributed by atoms with Gasteiger partial charge in [-0.05, 0) is 44.2 Å². The Morgan fingerprint density at radius 1 is 1.44 bits per heavy atom. The Kier molecular flexibility index (Phi) is 5.71. The molecule has 1 rings (SSSR count). The fraction of sp³-hybridized carbons (Fsp3) is 0.538. The molecule has 2 nitrogen and oxygen atoms in total. The van der Waals surface area contributed by atoms with E-state index in [-0.39, 0.29) is 0 Å². The van der Waals surface area contributed by atoms with E-state index in [1.807, 2.05) is 24.9 Å². The Morgan fingerprint density at radius 2 is 2.19 bits per heavy atom. The summed E-state index contributed by atoms with van der Waals surface area (Å²) in [5, 5.41) is 3.87. The van der Waals surface area contributed by atoms with E-state index < -0.39 is 0 Å². The summed E-state index contributed by atoms with van der Waals surface area (Å²) in [5.41, 5.74) is 1.29. The topological polar surface area (TPSA) is 21.3 Å². The summed E-state index contributed by atoms with van der Waals surface area (Å²) < 4.78 is 5.21. The first-order chi connectivity index (χ1) is 7.71. The van der Waals surface area contributed by atoms with Crippen LogP contribution in [0.25, 0.3) is 0 Å². The zero-order chi connectivity index (χ0) is 12.0. The second kappa shape index (κ2) is 6.81. The molecular weight excluding hydrogens is 218 g/mol. The number of ether oxygens (including phenoxy) is 1. The van der Waals surface area contributed by atoms with Gasteiger partial charge in [0, 0.05) is 16.7 Å². The van der Waals surface area contributed by atoms with Crippen LogP contribution >= 0.6 is 11.8 Å². The second-order valence-electron chi connectivity index (χ2n) is 3.84. The molecular formula is C13H21NOS. The van der Waals surface area contributed by atoms with Crippen molar-refractivity contribution in [3.05, 3.63) is 23.8 Å². The molecule has 90 valence electrons. The van der Waals surface area contributed by atoms with Crippen LogP contribution in [0, 0.1) is 6.92 Å². The Labute approximate surface area is 103 Å². The molecule has 16 heavy (non-hydrogen) atoms. The largest absolute Gasteiger partial charge is 0.497 e. The molecule has 0 saturated carbocycles. The van der Waals surface area contributed by atoms with Crippen molar-refractivity contribution in [3.8, 4) is 5.75 Å². The van der Waals surface area contributed by atoms with Gasteiger partial charge in [0.25, 0.3) is 0 Å². The lowest BCUT2D eigenvalue weighted by Gasteiger charge is -2.15. The Hall–Kier alpha value is -0.670. The molecule has 0 spiro atoms. The van der Waals surface area contributed by atoms with Crippen LogP contribution in [0.5, 0.6) is 5.75 Å². The minimum Gasteiger partial charge on any atom is -0.497 e. The number of thioether (sulfide) groups is 1. The van der Waals surface area contributed by atoms with Crippen LogP contribution in [0.4, 0.5) is 0 Å². The van der Waals surface area contributed by atoms with Gasteiger partial charge in [0.2, 0.25) is 0 Å². The zero-order valence-electron chi connectivity index (χ0n) is 10.5. The van der Waals surface area contributed by atoms with Crippen molar-refractivity contribution < 1.29 is 4.74 Å². The number of rotatable bonds is 6. The average Bonchev–Trinajstić information content (AvgIpc) is 2.30. The predicted octanol–water partition coefficient (Wildman–Crippen LogP) is 3.09. The van der Waals surface area contributed by atoms with Gasteiger partial charge in [-0.25, -0.2) is 0 Å². The number of hydrogen-bond acceptors (Lipinski definition) is 3. The molecule has 0 heterocycles. The maximum absolute atomic E-state index is 5.21. The minimum absolute atomic E-state index is 0.636. The van der Waals surface area contributed by atoms with Crippen molar-refractivity contribution >= 4 is 11.8 Å². The van der Waals surface area contributed by atoms with Gasteiger partial charge >= 0.3 is 0 Å². The molecule has 0 aliphatic heterocycles. The molecule has 0 fully saturated rings. The molecule has 1 atom stereocenters. The van der Waals surface area contributed by atoms with Crippen LogP contribution in [-0.4, -0.2) is 26.0 Å². The third-order valence-electron chi connectivity index (χ3n) is 2.56. The summed E-state index contributed by atoms with van der Waals surface area (Å²) in [4.78, 5) is 1.35. The van der Waals surface area contributed by atoms with Gasteiger partial charge in [-0.1, -0.05) is 6.92 Å². The molecule has 0 aromatic heterocycles. The van der Waals surface area contributed by atoms with Gasteiger partial charge < -0.3 is 10.1 Å². The smallest absolute Gasteiger partial charge is 0.119 e. The Balaban J connectivity index is 2.72. The number of nitrogens with one attached hydrogen (secondary N) is 1. The van der Waals surface area contributed by atoms with Crippen LogP contribution in [0.1, 0.15) is 18.9 Å². The summed E-state index contributed by atoms with van der Waals surface area (Å²) in [6, 6.07) is 6.27. The van der Waals surface area contributed by atoms with Crippen LogP contribution in [0.3, 0.4) is 0 Å². The van der Waals surface area contributed by atoms with Crippen LogP contribution in [0.15, 0.2) is 23.1 Å². The maximum Gasteiger partial charge on any atom is 0.119 e. The Bertz CT molecular complexity index is 328. The molecule has 0 bridgehead atoms. The van der Waals surface area contributed by atoms with Crippen LogP contribution in [-0.2, 0) is 0 Å². The monoisotopic (exact) mass is 239 g/mol. The minimum atomic E-state index is 0.636. The highest BCUT2D eigenvalue weighted by atomic mass is 32.2. The van der Waals surface area contributed by atoms with Gasteiger partial charge in [-0.2, -0.15) is 0 Å². The van der Waals surface area contributed by atoms with Crippen molar-refractivity contribution in [1.82, 2.24) is 5.32 Å². The molecule has 3 heteroatoms. The van der Waals surface area contributed by atoms with Gasteiger partial charge in [0.05, 0.1) is 7.11 Å². The molecule has 0 amide bonds. The lowest BCUT2D eigenvalue weighted by atomic mass is 10.2. The molecule has 0 aliphatic carbocycles. The van der Waals surface area contributed by atoms with Crippen molar-refractivity contribution in [1.29, 1.82) is 0 Å². The van der Waals surface area contributed by atoms with Gasteiger partial charge in [0.1, 0.15) is 5.75 Å². The first-order valence-electron chi connectivity index (χ1n) is 5.67. The van der Waals surface area contributed by atoms with Crippen molar-refractivity contribution in [2.75, 3.05) is 20.7 Å². The molecule has 1 unspecified atom stereocenters. The Morgan fingerprint density at radius 3 is 2.69 bits per heavy atom. The predicted molar refractivity (Wildman–Crippen MR) is 71.6 cm³/mol. The van der Waals surface area contributed by atoms with Crippen molar-refractivity contribution in [2.45, 2.75) is 30.4 Å². The maximum atomic E-state index is 5.21. The number of aryl methyl sites for hydroxylation is 1. The molecule has 0 radical (unpaired) electrons. The highest BCUT2D eigenvalue weighted by Gasteiger charge is 2.09. The first-order valence-corrected chi connectivity index (χ1v) is 6.55. The number of methoxy groups -OCH3 is 1. The fourth-order valence-electron chi connectivity index (χ4n) is 1.56. The first kappa shape index (κ1) is 13.4. The molecule has 0 saturated heterocycles. The van der Waals surface area contributed by atoms with Crippen LogP contribution < -0.4 is 10.1 Å². The third kappa shape index (κ3) is 3.72. The summed E-state index contributed by atoms with van der Waals surface area (Å²) in [7, 11) is 3.71. The third-order valence-corrected chi connectivity index (χ3v) is 4.11. The number of benzene rings is 1. The average molecular weight is 239 g/mol. The van der Waals surface area contributed by atoms with E-state index in [0.717, 1.165) is 12.3 Å². The summed E-state index contributed by atoms with van der Waals surface area (Å²) in [6.07, 6.45) is 1.18. The highest BCUT2D eigenvalue weighted by Crippen LogP contribution is 2.30. The summed E-state index contributed by atoms with van der Waals surface area (Å²) in [6.45, 7) is 5.41. The van der Waals surface area contributed by atoms with E-state index in [4.69, 9.17) is 4.74 Å². The van der Waals surface area contributed by atoms with Gasteiger partial charge in [-0.15, -0.1) is 11.8 Å². The van der Waals surface area contributed by atoms with E-state index in [0.29, 0.717) is 5.25 Å². The molecule has 1 N–H and O–H groups in total. The van der Waals surface area contributed by atoms with Crippen molar-refractivity contribution in [3.63, 3.8) is 0 Å². The highest BCUT2D eigenvalue weighted by molar-refractivity contribution is 8.00. The summed E-state index contributed by atoms with van der Waals surface area (Å²) >= 11 is 1.94. The SMILES string of the molecule is CCC(CNC)Sc1ccc(OC)cc1C. The van der Waals surface area contributed by atoms with Gasteiger partial charge in [-0.3, -0.25) is 0 Å². The van der Waals surface area contributed by atoms with Gasteiger partial charge in [0.15, 0.2) is 0 Å². The van der Waals surface area contributed by atoms with E-state index >= 15 is 0 Å². The summed E-state index contributed by atoms with van der Waals surface area (Å²) in [5.74, 6) is 0.934. The van der Waals surface area contributed by atoms with Crippen LogP contribution in [0.2, 0.25) is 0 Å². The normalized spacial score (nSPS) is 12.5. The molecule has 1 aromatic carbocycles. The lowest BCUT2D eigenvalue weighted by molar-refractivity contribution is 0.414. The molecule has 0 aliphatic rings. The zero-order valence-corrected chi connectivity index (χ0v) is 11.4. The van der Waals surface area contributed by atoms with E-state index in [1.165, 1.54) is 16.9 Å².